The number of ether oxygens (including phenoxy) is 1. The number of benzene rings is 1. The van der Waals surface area contributed by atoms with Crippen molar-refractivity contribution in [1.82, 2.24) is 9.55 Å². The lowest BCUT2D eigenvalue weighted by molar-refractivity contribution is 0.0605. The number of fused-ring (bicyclic) bond motifs is 3. The number of aryl methyl sites for hydroxylation is 2. The molecule has 0 saturated carbocycles. The zero-order valence-corrected chi connectivity index (χ0v) is 18.6. The van der Waals surface area contributed by atoms with E-state index in [0.29, 0.717) is 16.9 Å². The molecule has 3 heterocycles. The van der Waals surface area contributed by atoms with Crippen LogP contribution in [0.3, 0.4) is 0 Å². The fourth-order valence-corrected chi connectivity index (χ4v) is 6.63. The molecule has 9 nitrogen and oxygen atoms in total. The van der Waals surface area contributed by atoms with Crippen LogP contribution in [0.2, 0.25) is 0 Å². The minimum absolute atomic E-state index is 0.0537. The van der Waals surface area contributed by atoms with Gasteiger partial charge in [0.2, 0.25) is 0 Å². The predicted molar refractivity (Wildman–Crippen MR) is 115 cm³/mol. The molecule has 0 amide bonds. The van der Waals surface area contributed by atoms with Gasteiger partial charge in [-0.15, -0.1) is 11.3 Å². The summed E-state index contributed by atoms with van der Waals surface area (Å²) in [6.45, 7) is 2.26. The van der Waals surface area contributed by atoms with Crippen LogP contribution < -0.4 is 4.72 Å². The van der Waals surface area contributed by atoms with Crippen LogP contribution in [0.15, 0.2) is 22.4 Å². The fraction of sp³-hybridized carbons (Fsp3) is 0.350. The average molecular weight is 464 g/mol. The van der Waals surface area contributed by atoms with Crippen molar-refractivity contribution in [2.24, 2.45) is 0 Å². The Hall–Kier alpha value is -2.92. The second-order valence-corrected chi connectivity index (χ2v) is 10.2. The molecule has 0 aliphatic carbocycles. The van der Waals surface area contributed by atoms with E-state index in [1.54, 1.807) is 12.1 Å². The first-order valence-electron chi connectivity index (χ1n) is 9.70. The van der Waals surface area contributed by atoms with Crippen LogP contribution in [0.1, 0.15) is 50.7 Å². The van der Waals surface area contributed by atoms with Gasteiger partial charge in [0.1, 0.15) is 10.7 Å². The number of hydrogen-bond acceptors (Lipinski definition) is 7. The Morgan fingerprint density at radius 2 is 2.03 bits per heavy atom. The van der Waals surface area contributed by atoms with Crippen molar-refractivity contribution in [1.29, 1.82) is 0 Å². The van der Waals surface area contributed by atoms with Gasteiger partial charge in [-0.2, -0.15) is 0 Å². The van der Waals surface area contributed by atoms with Crippen molar-refractivity contribution >= 4 is 50.0 Å². The van der Waals surface area contributed by atoms with Gasteiger partial charge < -0.3 is 14.4 Å². The number of carboxylic acid groups (broad SMARTS) is 1. The number of nitrogens with zero attached hydrogens (tertiary/aromatic N) is 2. The number of aromatic carboxylic acids is 1. The Morgan fingerprint density at radius 1 is 1.26 bits per heavy atom. The number of hydrogen-bond donors (Lipinski definition) is 2. The highest BCUT2D eigenvalue weighted by atomic mass is 32.2. The summed E-state index contributed by atoms with van der Waals surface area (Å²) >= 11 is 0.576. The van der Waals surface area contributed by atoms with Gasteiger partial charge in [-0.05, 0) is 43.5 Å². The third-order valence-electron chi connectivity index (χ3n) is 5.30. The molecular weight excluding hydrogens is 442 g/mol. The molecule has 0 radical (unpaired) electrons. The van der Waals surface area contributed by atoms with E-state index in [1.807, 2.05) is 6.07 Å². The van der Waals surface area contributed by atoms with Gasteiger partial charge in [0.25, 0.3) is 10.0 Å². The summed E-state index contributed by atoms with van der Waals surface area (Å²) < 4.78 is 34.9. The molecule has 0 fully saturated rings. The van der Waals surface area contributed by atoms with E-state index in [1.165, 1.54) is 6.92 Å². The number of methoxy groups -OCH3 is 1. The Kier molecular flexibility index (Phi) is 5.48. The van der Waals surface area contributed by atoms with Crippen LogP contribution in [0, 0.1) is 6.92 Å². The number of rotatable bonds is 5. The van der Waals surface area contributed by atoms with E-state index in [0.717, 1.165) is 50.7 Å². The van der Waals surface area contributed by atoms with E-state index in [2.05, 4.69) is 19.0 Å². The molecule has 1 aliphatic heterocycles. The molecule has 0 bridgehead atoms. The van der Waals surface area contributed by atoms with Gasteiger partial charge in [0.15, 0.2) is 4.21 Å². The number of nitrogens with one attached hydrogen (secondary N) is 1. The zero-order chi connectivity index (χ0) is 22.3. The van der Waals surface area contributed by atoms with Gasteiger partial charge >= 0.3 is 11.9 Å². The molecule has 0 saturated heterocycles. The van der Waals surface area contributed by atoms with Crippen LogP contribution in [0.25, 0.3) is 11.0 Å². The van der Waals surface area contributed by atoms with Crippen LogP contribution in [-0.4, -0.2) is 42.1 Å². The van der Waals surface area contributed by atoms with E-state index < -0.39 is 31.7 Å². The Balaban J connectivity index is 1.73. The number of thiophene rings is 1. The summed E-state index contributed by atoms with van der Waals surface area (Å²) in [5.74, 6) is -1.23. The lowest BCUT2D eigenvalue weighted by atomic mass is 10.2. The second kappa shape index (κ2) is 7.97. The number of imidazole rings is 1. The van der Waals surface area contributed by atoms with Crippen molar-refractivity contribution < 1.29 is 27.9 Å². The van der Waals surface area contributed by atoms with Gasteiger partial charge in [-0.1, -0.05) is 6.42 Å². The molecule has 164 valence electrons. The summed E-state index contributed by atoms with van der Waals surface area (Å²) in [6.07, 6.45) is 4.18. The topological polar surface area (TPSA) is 128 Å². The average Bonchev–Trinajstić information content (AvgIpc) is 3.15. The highest BCUT2D eigenvalue weighted by molar-refractivity contribution is 7.94. The van der Waals surface area contributed by atoms with Crippen molar-refractivity contribution in [3.05, 3.63) is 40.0 Å². The van der Waals surface area contributed by atoms with Crippen LogP contribution >= 0.6 is 11.3 Å². The van der Waals surface area contributed by atoms with Crippen LogP contribution in [0.5, 0.6) is 0 Å². The molecule has 1 aliphatic rings. The predicted octanol–water partition coefficient (Wildman–Crippen LogP) is 3.42. The van der Waals surface area contributed by atoms with E-state index >= 15 is 0 Å². The SMILES string of the molecule is COC(=O)c1sc(S(=O)(=O)Nc2ccc3c(c2)nc2n3CCCCC2)c(C(=O)O)c1C. The monoisotopic (exact) mass is 463 g/mol. The first-order valence-corrected chi connectivity index (χ1v) is 12.0. The first kappa shape index (κ1) is 21.3. The summed E-state index contributed by atoms with van der Waals surface area (Å²) in [6, 6.07) is 5.07. The molecule has 0 spiro atoms. The minimum atomic E-state index is -4.26. The zero-order valence-electron chi connectivity index (χ0n) is 17.0. The summed E-state index contributed by atoms with van der Waals surface area (Å²) in [4.78, 5) is 28.3. The summed E-state index contributed by atoms with van der Waals surface area (Å²) in [5, 5.41) is 9.55. The van der Waals surface area contributed by atoms with Gasteiger partial charge in [-0.25, -0.2) is 23.0 Å². The van der Waals surface area contributed by atoms with E-state index in [-0.39, 0.29) is 16.1 Å². The number of esters is 1. The molecule has 3 aromatic rings. The summed E-state index contributed by atoms with van der Waals surface area (Å²) in [7, 11) is -3.11. The van der Waals surface area contributed by atoms with E-state index in [4.69, 9.17) is 0 Å². The van der Waals surface area contributed by atoms with Crippen molar-refractivity contribution in [3.63, 3.8) is 0 Å². The normalized spacial score (nSPS) is 14.1. The number of carboxylic acids is 1. The van der Waals surface area contributed by atoms with Crippen molar-refractivity contribution in [2.75, 3.05) is 11.8 Å². The Bertz CT molecular complexity index is 1310. The number of aromatic nitrogens is 2. The number of anilines is 1. The lowest BCUT2D eigenvalue weighted by Crippen LogP contribution is -2.15. The smallest absolute Gasteiger partial charge is 0.348 e. The fourth-order valence-electron chi connectivity index (χ4n) is 3.83. The third-order valence-corrected chi connectivity index (χ3v) is 8.48. The molecule has 4 rings (SSSR count). The highest BCUT2D eigenvalue weighted by Gasteiger charge is 2.32. The van der Waals surface area contributed by atoms with Crippen LogP contribution in [0.4, 0.5) is 5.69 Å². The molecule has 2 aromatic heterocycles. The molecule has 11 heteroatoms. The maximum atomic E-state index is 13.0. The highest BCUT2D eigenvalue weighted by Crippen LogP contribution is 2.34. The van der Waals surface area contributed by atoms with Crippen molar-refractivity contribution in [3.8, 4) is 0 Å². The minimum Gasteiger partial charge on any atom is -0.478 e. The Labute approximate surface area is 182 Å². The number of sulfonamides is 1. The maximum absolute atomic E-state index is 13.0. The number of carbonyl (C=O) groups is 2. The molecule has 0 unspecified atom stereocenters. The largest absolute Gasteiger partial charge is 0.478 e. The molecule has 1 aromatic carbocycles. The van der Waals surface area contributed by atoms with Gasteiger partial charge in [0.05, 0.1) is 29.4 Å². The molecule has 31 heavy (non-hydrogen) atoms. The number of carbonyl (C=O) groups excluding carboxylic acids is 1. The standard InChI is InChI=1S/C20H21N3O6S2/c1-11-16(18(24)25)20(30-17(11)19(26)29-2)31(27,28)22-12-7-8-14-13(10-12)21-15-6-4-3-5-9-23(14)15/h7-8,10,22H,3-6,9H2,1-2H3,(H,24,25). The molecule has 0 atom stereocenters. The van der Waals surface area contributed by atoms with Gasteiger partial charge in [-0.3, -0.25) is 4.72 Å². The van der Waals surface area contributed by atoms with Crippen molar-refractivity contribution in [2.45, 2.75) is 43.4 Å². The second-order valence-electron chi connectivity index (χ2n) is 7.31. The first-order chi connectivity index (χ1) is 14.7. The molecular formula is C20H21N3O6S2. The Morgan fingerprint density at radius 3 is 2.74 bits per heavy atom. The summed E-state index contributed by atoms with van der Waals surface area (Å²) in [5.41, 5.74) is 1.49. The third kappa shape index (κ3) is 3.79. The van der Waals surface area contributed by atoms with Crippen LogP contribution in [-0.2, 0) is 27.7 Å². The molecule has 2 N–H and O–H groups in total. The quantitative estimate of drug-likeness (QED) is 0.555. The van der Waals surface area contributed by atoms with E-state index in [9.17, 15) is 23.1 Å². The lowest BCUT2D eigenvalue weighted by Gasteiger charge is -2.08. The maximum Gasteiger partial charge on any atom is 0.348 e. The van der Waals surface area contributed by atoms with Gasteiger partial charge in [0, 0.05) is 13.0 Å².